The molecule has 2 unspecified atom stereocenters. The Morgan fingerprint density at radius 2 is 1.50 bits per heavy atom. The lowest BCUT2D eigenvalue weighted by atomic mass is 9.95. The Morgan fingerprint density at radius 1 is 1.00 bits per heavy atom. The minimum absolute atomic E-state index is 0.787. The van der Waals surface area contributed by atoms with Crippen molar-refractivity contribution in [1.29, 1.82) is 0 Å². The summed E-state index contributed by atoms with van der Waals surface area (Å²) in [4.78, 5) is 0. The van der Waals surface area contributed by atoms with Crippen molar-refractivity contribution in [2.45, 2.75) is 32.9 Å². The van der Waals surface area contributed by atoms with Crippen LogP contribution in [-0.2, 0) is 0 Å². The molecule has 0 aliphatic heterocycles. The molecular formula is C8H18S2. The second kappa shape index (κ2) is 5.36. The highest BCUT2D eigenvalue weighted by molar-refractivity contribution is 8.76. The Labute approximate surface area is 72.9 Å². The van der Waals surface area contributed by atoms with Gasteiger partial charge in [0, 0.05) is 5.25 Å². The molecule has 0 bridgehead atoms. The van der Waals surface area contributed by atoms with Crippen LogP contribution in [0.2, 0.25) is 0 Å². The van der Waals surface area contributed by atoms with Gasteiger partial charge in [-0.05, 0) is 18.1 Å². The predicted molar refractivity (Wildman–Crippen MR) is 54.6 cm³/mol. The van der Waals surface area contributed by atoms with Crippen molar-refractivity contribution in [3.63, 3.8) is 0 Å². The molecule has 0 nitrogen and oxygen atoms in total. The molecule has 0 radical (unpaired) electrons. The molecule has 0 N–H and O–H groups in total. The van der Waals surface area contributed by atoms with Crippen molar-refractivity contribution in [2.24, 2.45) is 11.8 Å². The first-order valence-electron chi connectivity index (χ1n) is 3.79. The summed E-state index contributed by atoms with van der Waals surface area (Å²) in [6.45, 7) is 9.23. The molecular weight excluding hydrogens is 160 g/mol. The van der Waals surface area contributed by atoms with E-state index in [-0.39, 0.29) is 0 Å². The Hall–Kier alpha value is 0.700. The Balaban J connectivity index is 3.58. The van der Waals surface area contributed by atoms with Gasteiger partial charge in [-0.15, -0.1) is 0 Å². The van der Waals surface area contributed by atoms with E-state index in [1.54, 1.807) is 0 Å². The molecule has 10 heavy (non-hydrogen) atoms. The van der Waals surface area contributed by atoms with Crippen molar-refractivity contribution in [3.8, 4) is 0 Å². The van der Waals surface area contributed by atoms with E-state index in [9.17, 15) is 0 Å². The van der Waals surface area contributed by atoms with E-state index in [2.05, 4.69) is 34.0 Å². The highest BCUT2D eigenvalue weighted by Crippen LogP contribution is 2.31. The zero-order valence-corrected chi connectivity index (χ0v) is 9.18. The fraction of sp³-hybridized carbons (Fsp3) is 1.00. The maximum Gasteiger partial charge on any atom is 0.0151 e. The van der Waals surface area contributed by atoms with Crippen LogP contribution in [0.15, 0.2) is 0 Å². The summed E-state index contributed by atoms with van der Waals surface area (Å²) < 4.78 is 0. The number of hydrogen-bond acceptors (Lipinski definition) is 2. The second-order valence-corrected chi connectivity index (χ2v) is 5.92. The summed E-state index contributed by atoms with van der Waals surface area (Å²) in [5.74, 6) is 1.65. The van der Waals surface area contributed by atoms with E-state index in [0.29, 0.717) is 0 Å². The standard InChI is InChI=1S/C8H18S2/c1-6(2)7(3)8(4)10-9-5/h6-8H,1-5H3. The molecule has 2 atom stereocenters. The molecule has 62 valence electrons. The minimum atomic E-state index is 0.787. The molecule has 0 aromatic rings. The van der Waals surface area contributed by atoms with Gasteiger partial charge in [0.2, 0.25) is 0 Å². The number of rotatable bonds is 4. The van der Waals surface area contributed by atoms with Crippen molar-refractivity contribution >= 4 is 21.6 Å². The van der Waals surface area contributed by atoms with Crippen LogP contribution in [0.5, 0.6) is 0 Å². The Bertz CT molecular complexity index is 81.3. The average Bonchev–Trinajstić information content (AvgIpc) is 1.87. The van der Waals surface area contributed by atoms with Gasteiger partial charge in [-0.1, -0.05) is 49.3 Å². The first kappa shape index (κ1) is 10.7. The molecule has 0 spiro atoms. The summed E-state index contributed by atoms with van der Waals surface area (Å²) in [6, 6.07) is 0. The van der Waals surface area contributed by atoms with E-state index in [1.165, 1.54) is 0 Å². The fourth-order valence-corrected chi connectivity index (χ4v) is 3.01. The van der Waals surface area contributed by atoms with E-state index in [4.69, 9.17) is 0 Å². The first-order valence-corrected chi connectivity index (χ1v) is 6.41. The van der Waals surface area contributed by atoms with Gasteiger partial charge in [-0.2, -0.15) is 0 Å². The molecule has 0 heterocycles. The molecule has 0 saturated carbocycles. The van der Waals surface area contributed by atoms with Crippen LogP contribution in [0.3, 0.4) is 0 Å². The summed E-state index contributed by atoms with van der Waals surface area (Å²) in [5.41, 5.74) is 0. The van der Waals surface area contributed by atoms with Crippen LogP contribution in [0.25, 0.3) is 0 Å². The molecule has 0 amide bonds. The average molecular weight is 178 g/mol. The van der Waals surface area contributed by atoms with Crippen LogP contribution in [-0.4, -0.2) is 11.5 Å². The van der Waals surface area contributed by atoms with Crippen molar-refractivity contribution in [2.75, 3.05) is 6.26 Å². The van der Waals surface area contributed by atoms with Crippen LogP contribution in [0.4, 0.5) is 0 Å². The zero-order chi connectivity index (χ0) is 8.15. The van der Waals surface area contributed by atoms with Gasteiger partial charge in [-0.3, -0.25) is 0 Å². The number of hydrogen-bond donors (Lipinski definition) is 0. The van der Waals surface area contributed by atoms with Gasteiger partial charge in [-0.25, -0.2) is 0 Å². The second-order valence-electron chi connectivity index (χ2n) is 3.07. The predicted octanol–water partition coefficient (Wildman–Crippen LogP) is 3.68. The van der Waals surface area contributed by atoms with E-state index in [0.717, 1.165) is 17.1 Å². The van der Waals surface area contributed by atoms with Gasteiger partial charge < -0.3 is 0 Å². The highest BCUT2D eigenvalue weighted by Gasteiger charge is 2.15. The Morgan fingerprint density at radius 3 is 1.80 bits per heavy atom. The Kier molecular flexibility index (Phi) is 5.74. The third kappa shape index (κ3) is 3.77. The lowest BCUT2D eigenvalue weighted by Crippen LogP contribution is -2.15. The third-order valence-electron chi connectivity index (χ3n) is 2.04. The molecule has 0 rings (SSSR count). The van der Waals surface area contributed by atoms with Crippen LogP contribution in [0, 0.1) is 11.8 Å². The van der Waals surface area contributed by atoms with E-state index >= 15 is 0 Å². The van der Waals surface area contributed by atoms with Crippen molar-refractivity contribution < 1.29 is 0 Å². The summed E-state index contributed by atoms with van der Waals surface area (Å²) in [6.07, 6.45) is 2.15. The summed E-state index contributed by atoms with van der Waals surface area (Å²) in [7, 11) is 3.86. The van der Waals surface area contributed by atoms with E-state index < -0.39 is 0 Å². The SMILES string of the molecule is CSSC(C)C(C)C(C)C. The summed E-state index contributed by atoms with van der Waals surface area (Å²) >= 11 is 0. The minimum Gasteiger partial charge on any atom is -0.0973 e. The quantitative estimate of drug-likeness (QED) is 0.602. The highest BCUT2D eigenvalue weighted by atomic mass is 33.1. The molecule has 0 aromatic heterocycles. The largest absolute Gasteiger partial charge is 0.0973 e. The maximum atomic E-state index is 2.33. The molecule has 0 saturated heterocycles. The monoisotopic (exact) mass is 178 g/mol. The summed E-state index contributed by atoms with van der Waals surface area (Å²) in [5, 5.41) is 0.787. The van der Waals surface area contributed by atoms with E-state index in [1.807, 2.05) is 21.6 Å². The molecule has 0 fully saturated rings. The van der Waals surface area contributed by atoms with Gasteiger partial charge in [0.05, 0.1) is 0 Å². The van der Waals surface area contributed by atoms with Gasteiger partial charge >= 0.3 is 0 Å². The van der Waals surface area contributed by atoms with Gasteiger partial charge in [0.25, 0.3) is 0 Å². The maximum absolute atomic E-state index is 2.33. The lowest BCUT2D eigenvalue weighted by Gasteiger charge is -2.21. The zero-order valence-electron chi connectivity index (χ0n) is 7.55. The molecule has 0 aliphatic rings. The van der Waals surface area contributed by atoms with Crippen molar-refractivity contribution in [1.82, 2.24) is 0 Å². The first-order chi connectivity index (χ1) is 4.59. The smallest absolute Gasteiger partial charge is 0.0151 e. The molecule has 0 aliphatic carbocycles. The van der Waals surface area contributed by atoms with Crippen LogP contribution < -0.4 is 0 Å². The van der Waals surface area contributed by atoms with Gasteiger partial charge in [0.15, 0.2) is 0 Å². The molecule has 2 heteroatoms. The fourth-order valence-electron chi connectivity index (χ4n) is 0.781. The topological polar surface area (TPSA) is 0 Å². The molecule has 0 aromatic carbocycles. The normalized spacial score (nSPS) is 17.4. The van der Waals surface area contributed by atoms with Crippen molar-refractivity contribution in [3.05, 3.63) is 0 Å². The lowest BCUT2D eigenvalue weighted by molar-refractivity contribution is 0.418. The van der Waals surface area contributed by atoms with Gasteiger partial charge in [0.1, 0.15) is 0 Å². The third-order valence-corrected chi connectivity index (χ3v) is 4.45. The van der Waals surface area contributed by atoms with Crippen LogP contribution in [0.1, 0.15) is 27.7 Å². The van der Waals surface area contributed by atoms with Crippen LogP contribution >= 0.6 is 21.6 Å².